The van der Waals surface area contributed by atoms with E-state index in [9.17, 15) is 41.0 Å². The second-order valence-corrected chi connectivity index (χ2v) is 9.27. The van der Waals surface area contributed by atoms with Crippen LogP contribution in [0.3, 0.4) is 0 Å². The number of β-amino-alcohol motifs (C(OH)–C–C–N with tert-alkyl or cyclic N) is 1. The van der Waals surface area contributed by atoms with Crippen LogP contribution in [0.15, 0.2) is 34.6 Å². The van der Waals surface area contributed by atoms with Crippen molar-refractivity contribution in [1.29, 1.82) is 0 Å². The molecular weight excluding hydrogens is 542 g/mol. The molecule has 0 aliphatic carbocycles. The summed E-state index contributed by atoms with van der Waals surface area (Å²) in [5, 5.41) is 16.8. The molecule has 17 heteroatoms. The first-order chi connectivity index (χ1) is 18.3. The average Bonchev–Trinajstić information content (AvgIpc) is 3.21. The fraction of sp³-hybridized carbons (Fsp3) is 0.636. The Morgan fingerprint density at radius 1 is 1.10 bits per heavy atom. The summed E-state index contributed by atoms with van der Waals surface area (Å²) < 4.78 is 88.7. The first kappa shape index (κ1) is 28.7. The van der Waals surface area contributed by atoms with Gasteiger partial charge in [0, 0.05) is 38.4 Å². The molecule has 3 aliphatic heterocycles. The van der Waals surface area contributed by atoms with Gasteiger partial charge in [0.15, 0.2) is 5.92 Å². The van der Waals surface area contributed by atoms with Gasteiger partial charge in [-0.05, 0) is 13.3 Å². The topological polar surface area (TPSA) is 130 Å². The Kier molecular flexibility index (Phi) is 8.11. The van der Waals surface area contributed by atoms with Crippen molar-refractivity contribution in [3.05, 3.63) is 29.9 Å². The molecule has 0 spiro atoms. The molecule has 5 atom stereocenters. The van der Waals surface area contributed by atoms with Crippen LogP contribution in [0.2, 0.25) is 0 Å². The summed E-state index contributed by atoms with van der Waals surface area (Å²) in [5.41, 5.74) is -0.996. The molecule has 2 amide bonds. The molecular formula is C22H24F6N6O5. The highest BCUT2D eigenvalue weighted by atomic mass is 19.4. The standard InChI is InChI=1S/C22H24F6N6O5/c1-11(39-16-8-31-32-18(36)17(16)22(26,27)28)10-38-15-3-5-34(19(15)37)13-2-4-33(9-14(13)35)20-29-6-12(7-30-20)21(23,24)25/h6-8,11,13-15,17,35H,2-5,9-10H2,1H3/t11-,13?,14?,15-,17?/m0/s1. The zero-order valence-corrected chi connectivity index (χ0v) is 20.4. The van der Waals surface area contributed by atoms with Crippen LogP contribution >= 0.6 is 0 Å². The maximum absolute atomic E-state index is 13.2. The quantitative estimate of drug-likeness (QED) is 0.499. The molecule has 4 heterocycles. The Morgan fingerprint density at radius 3 is 2.41 bits per heavy atom. The first-order valence-corrected chi connectivity index (χ1v) is 11.9. The first-order valence-electron chi connectivity index (χ1n) is 11.9. The van der Waals surface area contributed by atoms with Crippen molar-refractivity contribution in [2.45, 2.75) is 56.5 Å². The van der Waals surface area contributed by atoms with E-state index in [0.29, 0.717) is 25.0 Å². The third-order valence-corrected chi connectivity index (χ3v) is 6.46. The highest BCUT2D eigenvalue weighted by Gasteiger charge is 2.50. The Balaban J connectivity index is 1.28. The Bertz CT molecular complexity index is 1130. The fourth-order valence-electron chi connectivity index (χ4n) is 4.57. The van der Waals surface area contributed by atoms with E-state index >= 15 is 0 Å². The number of aliphatic hydroxyl groups is 1. The molecule has 4 rings (SSSR count). The Morgan fingerprint density at radius 2 is 1.79 bits per heavy atom. The Hall–Kier alpha value is -3.34. The second-order valence-electron chi connectivity index (χ2n) is 9.27. The minimum atomic E-state index is -4.92. The number of alkyl halides is 6. The number of anilines is 1. The third-order valence-electron chi connectivity index (χ3n) is 6.46. The fourth-order valence-corrected chi connectivity index (χ4v) is 4.57. The van der Waals surface area contributed by atoms with Crippen LogP contribution in [0.1, 0.15) is 25.3 Å². The van der Waals surface area contributed by atoms with Crippen LogP contribution in [0, 0.1) is 5.92 Å². The van der Waals surface area contributed by atoms with E-state index in [1.807, 2.05) is 0 Å². The van der Waals surface area contributed by atoms with Gasteiger partial charge in [-0.1, -0.05) is 0 Å². The number of halogens is 6. The predicted octanol–water partition coefficient (Wildman–Crippen LogP) is 2.47. The van der Waals surface area contributed by atoms with E-state index in [4.69, 9.17) is 9.47 Å². The van der Waals surface area contributed by atoms with Crippen molar-refractivity contribution in [3.8, 4) is 0 Å². The van der Waals surface area contributed by atoms with Gasteiger partial charge < -0.3 is 24.4 Å². The number of hydrogen-bond acceptors (Lipinski definition) is 9. The van der Waals surface area contributed by atoms with Crippen LogP contribution in [-0.4, -0.2) is 88.6 Å². The molecule has 2 saturated heterocycles. The number of hydrogen-bond donors (Lipinski definition) is 1. The molecule has 1 N–H and O–H groups in total. The van der Waals surface area contributed by atoms with Crippen LogP contribution in [-0.2, 0) is 25.2 Å². The molecule has 0 saturated carbocycles. The molecule has 2 fully saturated rings. The van der Waals surface area contributed by atoms with Gasteiger partial charge in [0.05, 0.1) is 30.5 Å². The van der Waals surface area contributed by atoms with Gasteiger partial charge >= 0.3 is 12.4 Å². The summed E-state index contributed by atoms with van der Waals surface area (Å²) in [6, 6.07) is -0.582. The summed E-state index contributed by atoms with van der Waals surface area (Å²) in [4.78, 5) is 34.9. The number of carbonyl (C=O) groups excluding carboxylic acids is 2. The minimum Gasteiger partial charge on any atom is -0.490 e. The summed E-state index contributed by atoms with van der Waals surface area (Å²) in [6.07, 6.45) is -9.82. The van der Waals surface area contributed by atoms with Gasteiger partial charge in [-0.15, -0.1) is 5.11 Å². The number of azo groups is 1. The number of aromatic nitrogens is 2. The molecule has 214 valence electrons. The largest absolute Gasteiger partial charge is 0.490 e. The van der Waals surface area contributed by atoms with Crippen molar-refractivity contribution < 1.29 is 50.5 Å². The van der Waals surface area contributed by atoms with E-state index in [-0.39, 0.29) is 38.6 Å². The number of amides is 2. The van der Waals surface area contributed by atoms with Gasteiger partial charge in [-0.2, -0.15) is 31.5 Å². The van der Waals surface area contributed by atoms with Crippen LogP contribution < -0.4 is 4.90 Å². The number of ether oxygens (including phenoxy) is 2. The molecule has 39 heavy (non-hydrogen) atoms. The average molecular weight is 566 g/mol. The van der Waals surface area contributed by atoms with Crippen LogP contribution in [0.25, 0.3) is 0 Å². The molecule has 0 radical (unpaired) electrons. The lowest BCUT2D eigenvalue weighted by molar-refractivity contribution is -0.183. The van der Waals surface area contributed by atoms with E-state index < -0.39 is 65.8 Å². The van der Waals surface area contributed by atoms with Crippen molar-refractivity contribution in [1.82, 2.24) is 14.9 Å². The predicted molar refractivity (Wildman–Crippen MR) is 118 cm³/mol. The van der Waals surface area contributed by atoms with Crippen LogP contribution in [0.5, 0.6) is 0 Å². The highest BCUT2D eigenvalue weighted by Crippen LogP contribution is 2.36. The summed E-state index contributed by atoms with van der Waals surface area (Å²) in [6.45, 7) is 1.67. The molecule has 0 aromatic carbocycles. The smallest absolute Gasteiger partial charge is 0.419 e. The molecule has 0 bridgehead atoms. The second kappa shape index (κ2) is 11.0. The van der Waals surface area contributed by atoms with Gasteiger partial charge in [0.1, 0.15) is 18.0 Å². The number of likely N-dealkylation sites (tertiary alicyclic amines) is 1. The lowest BCUT2D eigenvalue weighted by atomic mass is 10.0. The van der Waals surface area contributed by atoms with E-state index in [2.05, 4.69) is 20.2 Å². The summed E-state index contributed by atoms with van der Waals surface area (Å²) >= 11 is 0. The van der Waals surface area contributed by atoms with E-state index in [1.165, 1.54) is 16.7 Å². The minimum absolute atomic E-state index is 0.0122. The van der Waals surface area contributed by atoms with Crippen LogP contribution in [0.4, 0.5) is 32.3 Å². The maximum atomic E-state index is 13.2. The molecule has 3 unspecified atom stereocenters. The number of nitrogens with zero attached hydrogens (tertiary/aromatic N) is 6. The van der Waals surface area contributed by atoms with Gasteiger partial charge in [-0.25, -0.2) is 9.97 Å². The van der Waals surface area contributed by atoms with Gasteiger partial charge in [0.25, 0.3) is 11.8 Å². The maximum Gasteiger partial charge on any atom is 0.419 e. The SMILES string of the molecule is C[C@@H](CO[C@H]1CCN(C2CCN(c3ncc(C(F)(F)F)cn3)CC2O)C1=O)OC1=CN=NC(=O)C1C(F)(F)F. The number of carbonyl (C=O) groups is 2. The monoisotopic (exact) mass is 566 g/mol. The molecule has 3 aliphatic rings. The lowest BCUT2D eigenvalue weighted by Gasteiger charge is -2.40. The third kappa shape index (κ3) is 6.46. The zero-order chi connectivity index (χ0) is 28.5. The van der Waals surface area contributed by atoms with Crippen molar-refractivity contribution in [2.75, 3.05) is 31.1 Å². The Labute approximate surface area is 217 Å². The van der Waals surface area contributed by atoms with Gasteiger partial charge in [0.2, 0.25) is 5.95 Å². The number of piperidine rings is 1. The number of rotatable bonds is 7. The molecule has 11 nitrogen and oxygen atoms in total. The lowest BCUT2D eigenvalue weighted by Crippen LogP contribution is -2.55. The summed E-state index contributed by atoms with van der Waals surface area (Å²) in [5.74, 6) is -5.18. The normalized spacial score (nSPS) is 27.1. The highest BCUT2D eigenvalue weighted by molar-refractivity contribution is 5.83. The summed E-state index contributed by atoms with van der Waals surface area (Å²) in [7, 11) is 0. The van der Waals surface area contributed by atoms with Crippen molar-refractivity contribution in [2.24, 2.45) is 16.1 Å². The van der Waals surface area contributed by atoms with Gasteiger partial charge in [-0.3, -0.25) is 9.59 Å². The van der Waals surface area contributed by atoms with E-state index in [0.717, 1.165) is 0 Å². The van der Waals surface area contributed by atoms with E-state index in [1.54, 1.807) is 0 Å². The molecule has 1 aromatic rings. The van der Waals surface area contributed by atoms with Crippen molar-refractivity contribution in [3.63, 3.8) is 0 Å². The van der Waals surface area contributed by atoms with Crippen molar-refractivity contribution >= 4 is 17.8 Å². The number of aliphatic hydroxyl groups excluding tert-OH is 1. The molecule has 1 aromatic heterocycles. The zero-order valence-electron chi connectivity index (χ0n) is 20.4.